The van der Waals surface area contributed by atoms with E-state index in [2.05, 4.69) is 24.5 Å². The van der Waals surface area contributed by atoms with Crippen molar-refractivity contribution in [3.63, 3.8) is 0 Å². The van der Waals surface area contributed by atoms with E-state index in [0.29, 0.717) is 12.6 Å². The summed E-state index contributed by atoms with van der Waals surface area (Å²) >= 11 is 0. The van der Waals surface area contributed by atoms with E-state index in [4.69, 9.17) is 4.74 Å². The highest BCUT2D eigenvalue weighted by Crippen LogP contribution is 2.29. The van der Waals surface area contributed by atoms with Gasteiger partial charge in [-0.2, -0.15) is 0 Å². The maximum Gasteiger partial charge on any atom is 0.225 e. The molecule has 2 atom stereocenters. The Bertz CT molecular complexity index is 273. The quantitative estimate of drug-likeness (QED) is 0.771. The first-order valence-corrected chi connectivity index (χ1v) is 6.68. The van der Waals surface area contributed by atoms with Gasteiger partial charge in [0.2, 0.25) is 5.91 Å². The number of carbonyl (C=O) groups is 1. The highest BCUT2D eigenvalue weighted by molar-refractivity contribution is 5.79. The Balaban J connectivity index is 1.78. The molecule has 17 heavy (non-hydrogen) atoms. The molecule has 2 aliphatic rings. The van der Waals surface area contributed by atoms with Crippen LogP contribution >= 0.6 is 0 Å². The Morgan fingerprint density at radius 1 is 1.53 bits per heavy atom. The summed E-state index contributed by atoms with van der Waals surface area (Å²) in [5, 5.41) is 6.58. The van der Waals surface area contributed by atoms with Crippen LogP contribution in [0.3, 0.4) is 0 Å². The van der Waals surface area contributed by atoms with Gasteiger partial charge in [-0.3, -0.25) is 4.79 Å². The summed E-state index contributed by atoms with van der Waals surface area (Å²) in [7, 11) is 0. The molecule has 4 nitrogen and oxygen atoms in total. The smallest absolute Gasteiger partial charge is 0.225 e. The molecule has 0 aromatic heterocycles. The van der Waals surface area contributed by atoms with Gasteiger partial charge in [0.05, 0.1) is 12.5 Å². The lowest BCUT2D eigenvalue weighted by Crippen LogP contribution is -2.53. The molecule has 2 aliphatic heterocycles. The first-order chi connectivity index (χ1) is 8.09. The summed E-state index contributed by atoms with van der Waals surface area (Å²) in [4.78, 5) is 11.9. The van der Waals surface area contributed by atoms with Crippen LogP contribution in [0.25, 0.3) is 0 Å². The fraction of sp³-hybridized carbons (Fsp3) is 0.923. The van der Waals surface area contributed by atoms with Crippen molar-refractivity contribution < 1.29 is 9.53 Å². The van der Waals surface area contributed by atoms with E-state index in [1.54, 1.807) is 0 Å². The standard InChI is InChI=1S/C13H24N2O2/c1-13(2)5-3-6-14-11(13)8-15-12(16)10-4-7-17-9-10/h10-11,14H,3-9H2,1-2H3,(H,15,16). The number of nitrogens with one attached hydrogen (secondary N) is 2. The molecule has 0 saturated carbocycles. The van der Waals surface area contributed by atoms with E-state index >= 15 is 0 Å². The lowest BCUT2D eigenvalue weighted by Gasteiger charge is -2.39. The highest BCUT2D eigenvalue weighted by Gasteiger charge is 2.32. The van der Waals surface area contributed by atoms with E-state index in [9.17, 15) is 4.79 Å². The predicted octanol–water partition coefficient (Wildman–Crippen LogP) is 0.917. The van der Waals surface area contributed by atoms with Crippen LogP contribution in [0.5, 0.6) is 0 Å². The molecule has 1 amide bonds. The molecule has 2 saturated heterocycles. The molecular weight excluding hydrogens is 216 g/mol. The summed E-state index contributed by atoms with van der Waals surface area (Å²) in [6.45, 7) is 7.67. The van der Waals surface area contributed by atoms with Gasteiger partial charge in [-0.15, -0.1) is 0 Å². The SMILES string of the molecule is CC1(C)CCCNC1CNC(=O)C1CCOC1. The van der Waals surface area contributed by atoms with Gasteiger partial charge in [-0.05, 0) is 31.2 Å². The van der Waals surface area contributed by atoms with Crippen molar-refractivity contribution in [2.24, 2.45) is 11.3 Å². The number of hydrogen-bond acceptors (Lipinski definition) is 3. The van der Waals surface area contributed by atoms with Gasteiger partial charge in [-0.25, -0.2) is 0 Å². The van der Waals surface area contributed by atoms with Crippen LogP contribution in [0.2, 0.25) is 0 Å². The fourth-order valence-electron chi connectivity index (χ4n) is 2.71. The van der Waals surface area contributed by atoms with Crippen molar-refractivity contribution in [3.8, 4) is 0 Å². The number of hydrogen-bond donors (Lipinski definition) is 2. The molecule has 2 fully saturated rings. The maximum atomic E-state index is 11.9. The molecule has 4 heteroatoms. The second-order valence-corrected chi connectivity index (χ2v) is 5.90. The molecule has 2 rings (SSSR count). The third-order valence-corrected chi connectivity index (χ3v) is 4.11. The molecule has 0 radical (unpaired) electrons. The topological polar surface area (TPSA) is 50.4 Å². The van der Waals surface area contributed by atoms with E-state index < -0.39 is 0 Å². The van der Waals surface area contributed by atoms with Crippen molar-refractivity contribution in [3.05, 3.63) is 0 Å². The second kappa shape index (κ2) is 5.36. The van der Waals surface area contributed by atoms with Gasteiger partial charge in [0, 0.05) is 19.2 Å². The number of rotatable bonds is 3. The lowest BCUT2D eigenvalue weighted by atomic mass is 9.77. The van der Waals surface area contributed by atoms with Crippen LogP contribution < -0.4 is 10.6 Å². The third kappa shape index (κ3) is 3.19. The highest BCUT2D eigenvalue weighted by atomic mass is 16.5. The van der Waals surface area contributed by atoms with Gasteiger partial charge in [0.15, 0.2) is 0 Å². The third-order valence-electron chi connectivity index (χ3n) is 4.11. The van der Waals surface area contributed by atoms with E-state index in [1.807, 2.05) is 0 Å². The molecule has 2 unspecified atom stereocenters. The molecule has 0 aromatic rings. The lowest BCUT2D eigenvalue weighted by molar-refractivity contribution is -0.125. The number of carbonyl (C=O) groups excluding carboxylic acids is 1. The van der Waals surface area contributed by atoms with Crippen LogP contribution in [-0.2, 0) is 9.53 Å². The Hall–Kier alpha value is -0.610. The summed E-state index contributed by atoms with van der Waals surface area (Å²) < 4.78 is 5.23. The van der Waals surface area contributed by atoms with Crippen molar-refractivity contribution in [2.75, 3.05) is 26.3 Å². The van der Waals surface area contributed by atoms with Gasteiger partial charge >= 0.3 is 0 Å². The predicted molar refractivity (Wildman–Crippen MR) is 66.7 cm³/mol. The van der Waals surface area contributed by atoms with Crippen LogP contribution in [0.4, 0.5) is 0 Å². The minimum atomic E-state index is 0.0710. The Labute approximate surface area is 103 Å². The molecule has 0 aliphatic carbocycles. The van der Waals surface area contributed by atoms with Crippen LogP contribution in [0, 0.1) is 11.3 Å². The van der Waals surface area contributed by atoms with Gasteiger partial charge in [0.1, 0.15) is 0 Å². The summed E-state index contributed by atoms with van der Waals surface area (Å²) in [6, 6.07) is 0.391. The van der Waals surface area contributed by atoms with Crippen molar-refractivity contribution in [1.29, 1.82) is 0 Å². The monoisotopic (exact) mass is 240 g/mol. The zero-order valence-electron chi connectivity index (χ0n) is 10.9. The number of ether oxygens (including phenoxy) is 1. The zero-order valence-corrected chi connectivity index (χ0v) is 10.9. The first kappa shape index (κ1) is 12.8. The van der Waals surface area contributed by atoms with Crippen LogP contribution in [0.15, 0.2) is 0 Å². The van der Waals surface area contributed by atoms with Crippen molar-refractivity contribution in [1.82, 2.24) is 10.6 Å². The van der Waals surface area contributed by atoms with Crippen molar-refractivity contribution >= 4 is 5.91 Å². The summed E-state index contributed by atoms with van der Waals surface area (Å²) in [5.74, 6) is 0.229. The molecule has 2 N–H and O–H groups in total. The van der Waals surface area contributed by atoms with Crippen LogP contribution in [0.1, 0.15) is 33.1 Å². The Morgan fingerprint density at radius 2 is 2.35 bits per heavy atom. The summed E-state index contributed by atoms with van der Waals surface area (Å²) in [6.07, 6.45) is 3.33. The van der Waals surface area contributed by atoms with E-state index in [0.717, 1.165) is 26.1 Å². The van der Waals surface area contributed by atoms with E-state index in [-0.39, 0.29) is 17.2 Å². The molecule has 2 heterocycles. The largest absolute Gasteiger partial charge is 0.381 e. The maximum absolute atomic E-state index is 11.9. The van der Waals surface area contributed by atoms with Crippen LogP contribution in [-0.4, -0.2) is 38.3 Å². The van der Waals surface area contributed by atoms with E-state index in [1.165, 1.54) is 12.8 Å². The van der Waals surface area contributed by atoms with Gasteiger partial charge in [0.25, 0.3) is 0 Å². The average Bonchev–Trinajstić information content (AvgIpc) is 2.80. The molecule has 0 spiro atoms. The molecular formula is C13H24N2O2. The fourth-order valence-corrected chi connectivity index (χ4v) is 2.71. The minimum absolute atomic E-state index is 0.0710. The molecule has 98 valence electrons. The number of piperidine rings is 1. The minimum Gasteiger partial charge on any atom is -0.381 e. The van der Waals surface area contributed by atoms with Crippen molar-refractivity contribution in [2.45, 2.75) is 39.2 Å². The zero-order chi connectivity index (χ0) is 12.3. The molecule has 0 bridgehead atoms. The average molecular weight is 240 g/mol. The number of amides is 1. The Morgan fingerprint density at radius 3 is 3.00 bits per heavy atom. The first-order valence-electron chi connectivity index (χ1n) is 6.68. The van der Waals surface area contributed by atoms with Gasteiger partial charge < -0.3 is 15.4 Å². The second-order valence-electron chi connectivity index (χ2n) is 5.90. The Kier molecular flexibility index (Phi) is 4.05. The normalized spacial score (nSPS) is 32.4. The summed E-state index contributed by atoms with van der Waals surface area (Å²) in [5.41, 5.74) is 0.276. The van der Waals surface area contributed by atoms with Gasteiger partial charge in [-0.1, -0.05) is 13.8 Å². The molecule has 0 aromatic carbocycles.